The molecule has 0 saturated heterocycles. The van der Waals surface area contributed by atoms with Gasteiger partial charge in [0.25, 0.3) is 5.91 Å². The maximum atomic E-state index is 12.8. The van der Waals surface area contributed by atoms with Crippen LogP contribution in [0.2, 0.25) is 0 Å². The number of hydrogen-bond acceptors (Lipinski definition) is 6. The Hall–Kier alpha value is -2.72. The molecule has 0 aromatic heterocycles. The molecule has 2 amide bonds. The molecule has 28 heavy (non-hydrogen) atoms. The van der Waals surface area contributed by atoms with Crippen LogP contribution in [0.1, 0.15) is 17.3 Å². The van der Waals surface area contributed by atoms with Crippen LogP contribution in [-0.4, -0.2) is 48.2 Å². The average Bonchev–Trinajstić information content (AvgIpc) is 2.60. The molecule has 0 spiro atoms. The third-order valence-corrected chi connectivity index (χ3v) is 6.16. The van der Waals surface area contributed by atoms with Gasteiger partial charge in [0, 0.05) is 31.5 Å². The number of carbonyl (C=O) groups excluding carboxylic acids is 2. The Morgan fingerprint density at radius 3 is 1.64 bits per heavy atom. The maximum absolute atomic E-state index is 12.8. The van der Waals surface area contributed by atoms with E-state index in [1.165, 1.54) is 60.4 Å². The number of sulfonamides is 1. The Kier molecular flexibility index (Phi) is 5.95. The van der Waals surface area contributed by atoms with Crippen LogP contribution in [0.5, 0.6) is 0 Å². The van der Waals surface area contributed by atoms with Gasteiger partial charge in [-0.1, -0.05) is 0 Å². The van der Waals surface area contributed by atoms with Crippen LogP contribution in [0.4, 0.5) is 11.4 Å². The minimum atomic E-state index is -3.97. The highest BCUT2D eigenvalue weighted by Gasteiger charge is 2.27. The molecule has 0 aliphatic heterocycles. The Morgan fingerprint density at radius 1 is 0.786 bits per heavy atom. The maximum Gasteiger partial charge on any atom is 0.272 e. The van der Waals surface area contributed by atoms with Crippen molar-refractivity contribution in [3.8, 4) is 0 Å². The molecule has 10 heteroatoms. The second kappa shape index (κ2) is 7.72. The molecule has 150 valence electrons. The van der Waals surface area contributed by atoms with Gasteiger partial charge in [0.2, 0.25) is 15.9 Å². The highest BCUT2D eigenvalue weighted by atomic mass is 32.2. The molecule has 0 radical (unpaired) electrons. The van der Waals surface area contributed by atoms with Gasteiger partial charge in [-0.05, 0) is 48.5 Å². The van der Waals surface area contributed by atoms with E-state index in [4.69, 9.17) is 0 Å². The van der Waals surface area contributed by atoms with E-state index >= 15 is 0 Å². The smallest absolute Gasteiger partial charge is 0.272 e. The summed E-state index contributed by atoms with van der Waals surface area (Å²) in [6.07, 6.45) is 1.93. The number of benzene rings is 2. The molecule has 0 bridgehead atoms. The summed E-state index contributed by atoms with van der Waals surface area (Å²) < 4.78 is 48.2. The van der Waals surface area contributed by atoms with E-state index in [1.807, 2.05) is 0 Å². The summed E-state index contributed by atoms with van der Waals surface area (Å²) in [4.78, 5) is 25.6. The van der Waals surface area contributed by atoms with E-state index in [1.54, 1.807) is 7.05 Å². The van der Waals surface area contributed by atoms with E-state index in [2.05, 4.69) is 0 Å². The van der Waals surface area contributed by atoms with Gasteiger partial charge < -0.3 is 4.90 Å². The summed E-state index contributed by atoms with van der Waals surface area (Å²) in [5.74, 6) is -1.02. The fraction of sp³-hybridized carbons (Fsp3) is 0.222. The monoisotopic (exact) mass is 424 g/mol. The highest BCUT2D eigenvalue weighted by Crippen LogP contribution is 2.24. The predicted octanol–water partition coefficient (Wildman–Crippen LogP) is 1.68. The molecule has 0 fully saturated rings. The van der Waals surface area contributed by atoms with Gasteiger partial charge in [-0.25, -0.2) is 21.1 Å². The number of carbonyl (C=O) groups is 2. The van der Waals surface area contributed by atoms with Crippen LogP contribution in [-0.2, 0) is 24.7 Å². The highest BCUT2D eigenvalue weighted by molar-refractivity contribution is 7.92. The fourth-order valence-corrected chi connectivity index (χ4v) is 3.96. The molecule has 0 unspecified atom stereocenters. The van der Waals surface area contributed by atoms with Gasteiger partial charge in [-0.15, -0.1) is 0 Å². The lowest BCUT2D eigenvalue weighted by Gasteiger charge is -2.22. The summed E-state index contributed by atoms with van der Waals surface area (Å²) in [5, 5.41) is 0. The zero-order valence-corrected chi connectivity index (χ0v) is 17.4. The first-order valence-electron chi connectivity index (χ1n) is 8.01. The van der Waals surface area contributed by atoms with Crippen molar-refractivity contribution in [2.24, 2.45) is 0 Å². The van der Waals surface area contributed by atoms with Gasteiger partial charge in [0.05, 0.1) is 16.8 Å². The van der Waals surface area contributed by atoms with E-state index < -0.39 is 25.8 Å². The van der Waals surface area contributed by atoms with Gasteiger partial charge in [-0.2, -0.15) is 0 Å². The first kappa shape index (κ1) is 21.6. The number of hydrogen-bond donors (Lipinski definition) is 0. The Balaban J connectivity index is 2.44. The van der Waals surface area contributed by atoms with E-state index in [0.717, 1.165) is 12.5 Å². The lowest BCUT2D eigenvalue weighted by Crippen LogP contribution is -2.36. The lowest BCUT2D eigenvalue weighted by molar-refractivity contribution is -0.116. The van der Waals surface area contributed by atoms with Crippen LogP contribution in [0, 0.1) is 0 Å². The minimum Gasteiger partial charge on any atom is -0.316 e. The summed E-state index contributed by atoms with van der Waals surface area (Å²) in [6, 6.07) is 10.9. The molecule has 8 nitrogen and oxygen atoms in total. The second-order valence-corrected chi connectivity index (χ2v) is 10.1. The molecular formula is C18H20N2O6S2. The van der Waals surface area contributed by atoms with Gasteiger partial charge in [-0.3, -0.25) is 9.59 Å². The van der Waals surface area contributed by atoms with Crippen LogP contribution in [0.3, 0.4) is 0 Å². The fourth-order valence-electron chi connectivity index (χ4n) is 2.41. The Morgan fingerprint density at radius 2 is 1.25 bits per heavy atom. The van der Waals surface area contributed by atoms with Crippen LogP contribution in [0.15, 0.2) is 53.4 Å². The molecular weight excluding hydrogens is 404 g/mol. The molecule has 2 aromatic carbocycles. The summed E-state index contributed by atoms with van der Waals surface area (Å²) in [5.41, 5.74) is 0.651. The normalized spacial score (nSPS) is 11.7. The summed E-state index contributed by atoms with van der Waals surface area (Å²) in [6.45, 7) is 1.39. The van der Waals surface area contributed by atoms with E-state index in [-0.39, 0.29) is 22.1 Å². The first-order chi connectivity index (χ1) is 12.8. The number of rotatable bonds is 5. The molecule has 0 heterocycles. The quantitative estimate of drug-likeness (QED) is 0.722. The van der Waals surface area contributed by atoms with Crippen molar-refractivity contribution in [2.45, 2.75) is 11.8 Å². The van der Waals surface area contributed by atoms with Gasteiger partial charge in [0.15, 0.2) is 9.84 Å². The molecule has 2 rings (SSSR count). The average molecular weight is 425 g/mol. The SMILES string of the molecule is CC(=O)N(C)c1ccc(N(C(=O)c2ccc(S(C)(=O)=O)cc2)S(C)(=O)=O)cc1. The molecule has 0 aliphatic rings. The largest absolute Gasteiger partial charge is 0.316 e. The zero-order valence-electron chi connectivity index (χ0n) is 15.8. The summed E-state index contributed by atoms with van der Waals surface area (Å²) in [7, 11) is -5.84. The standard InChI is InChI=1S/C18H20N2O6S2/c1-13(21)19(2)15-7-9-16(10-8-15)20(28(4,25)26)18(22)14-5-11-17(12-6-14)27(3,23)24/h5-12H,1-4H3. The van der Waals surface area contributed by atoms with Crippen LogP contribution in [0.25, 0.3) is 0 Å². The molecule has 0 N–H and O–H groups in total. The second-order valence-electron chi connectivity index (χ2n) is 6.22. The number of nitrogens with zero attached hydrogens (tertiary/aromatic N) is 2. The predicted molar refractivity (Wildman–Crippen MR) is 107 cm³/mol. The number of sulfone groups is 1. The first-order valence-corrected chi connectivity index (χ1v) is 11.8. The molecule has 0 aliphatic carbocycles. The molecule has 0 atom stereocenters. The number of amides is 2. The van der Waals surface area contributed by atoms with Crippen LogP contribution >= 0.6 is 0 Å². The lowest BCUT2D eigenvalue weighted by atomic mass is 10.2. The van der Waals surface area contributed by atoms with Crippen molar-refractivity contribution in [3.05, 3.63) is 54.1 Å². The topological polar surface area (TPSA) is 109 Å². The Bertz CT molecular complexity index is 1110. The third kappa shape index (κ3) is 4.76. The van der Waals surface area contributed by atoms with E-state index in [0.29, 0.717) is 9.99 Å². The van der Waals surface area contributed by atoms with Crippen molar-refractivity contribution >= 4 is 43.0 Å². The van der Waals surface area contributed by atoms with Crippen LogP contribution < -0.4 is 9.21 Å². The Labute approximate surface area is 164 Å². The molecule has 0 saturated carbocycles. The zero-order chi connectivity index (χ0) is 21.3. The third-order valence-electron chi connectivity index (χ3n) is 3.99. The van der Waals surface area contributed by atoms with Crippen molar-refractivity contribution in [2.75, 3.05) is 28.8 Å². The summed E-state index contributed by atoms with van der Waals surface area (Å²) >= 11 is 0. The number of anilines is 2. The van der Waals surface area contributed by atoms with Crippen molar-refractivity contribution in [1.82, 2.24) is 0 Å². The van der Waals surface area contributed by atoms with Crippen molar-refractivity contribution < 1.29 is 26.4 Å². The van der Waals surface area contributed by atoms with E-state index in [9.17, 15) is 26.4 Å². The minimum absolute atomic E-state index is 0.0164. The van der Waals surface area contributed by atoms with Crippen molar-refractivity contribution in [3.63, 3.8) is 0 Å². The molecule has 2 aromatic rings. The van der Waals surface area contributed by atoms with Gasteiger partial charge >= 0.3 is 0 Å². The van der Waals surface area contributed by atoms with Crippen molar-refractivity contribution in [1.29, 1.82) is 0 Å². The van der Waals surface area contributed by atoms with Gasteiger partial charge in [0.1, 0.15) is 0 Å².